The first-order chi connectivity index (χ1) is 10.5. The zero-order chi connectivity index (χ0) is 15.9. The van der Waals surface area contributed by atoms with Crippen LogP contribution in [-0.2, 0) is 0 Å². The lowest BCUT2D eigenvalue weighted by atomic mass is 10.0. The highest BCUT2D eigenvalue weighted by Gasteiger charge is 2.37. The predicted octanol–water partition coefficient (Wildman–Crippen LogP) is 4.74. The number of hydrogen-bond donors (Lipinski definition) is 0. The van der Waals surface area contributed by atoms with Crippen LogP contribution >= 0.6 is 15.9 Å². The van der Waals surface area contributed by atoms with Crippen LogP contribution in [0.1, 0.15) is 47.4 Å². The highest BCUT2D eigenvalue weighted by atomic mass is 79.9. The Morgan fingerprint density at radius 2 is 1.86 bits per heavy atom. The van der Waals surface area contributed by atoms with E-state index in [9.17, 15) is 4.79 Å². The number of nitrogens with zero attached hydrogens (tertiary/aromatic N) is 1. The molecule has 0 bridgehead atoms. The molecule has 0 unspecified atom stereocenters. The topological polar surface area (TPSA) is 29.5 Å². The first-order valence-corrected chi connectivity index (χ1v) is 8.08. The Balaban J connectivity index is 1.93. The molecule has 2 aromatic carbocycles. The molecule has 3 nitrogen and oxygen atoms in total. The van der Waals surface area contributed by atoms with Crippen molar-refractivity contribution in [3.05, 3.63) is 63.6 Å². The van der Waals surface area contributed by atoms with Crippen molar-refractivity contribution in [2.24, 2.45) is 0 Å². The molecule has 3 rings (SSSR count). The van der Waals surface area contributed by atoms with E-state index in [4.69, 9.17) is 4.74 Å². The quantitative estimate of drug-likeness (QED) is 0.792. The van der Waals surface area contributed by atoms with Gasteiger partial charge in [0.15, 0.2) is 0 Å². The van der Waals surface area contributed by atoms with Gasteiger partial charge in [0.2, 0.25) is 0 Å². The Morgan fingerprint density at radius 3 is 2.50 bits per heavy atom. The lowest BCUT2D eigenvalue weighted by Crippen LogP contribution is -2.29. The zero-order valence-electron chi connectivity index (χ0n) is 12.8. The van der Waals surface area contributed by atoms with Crippen molar-refractivity contribution in [1.82, 2.24) is 4.90 Å². The Labute approximate surface area is 139 Å². The van der Waals surface area contributed by atoms with Crippen molar-refractivity contribution >= 4 is 21.8 Å². The van der Waals surface area contributed by atoms with Gasteiger partial charge in [0, 0.05) is 10.0 Å². The Hall–Kier alpha value is -1.81. The fraction of sp³-hybridized carbons (Fsp3) is 0.278. The summed E-state index contributed by atoms with van der Waals surface area (Å²) in [6.07, 6.45) is 0. The van der Waals surface area contributed by atoms with Gasteiger partial charge in [-0.2, -0.15) is 0 Å². The van der Waals surface area contributed by atoms with Gasteiger partial charge < -0.3 is 9.64 Å². The van der Waals surface area contributed by atoms with E-state index in [1.807, 2.05) is 47.4 Å². The number of benzene rings is 2. The van der Waals surface area contributed by atoms with Gasteiger partial charge in [-0.25, -0.2) is 0 Å². The number of rotatable bonds is 3. The van der Waals surface area contributed by atoms with Gasteiger partial charge in [-0.3, -0.25) is 4.79 Å². The highest BCUT2D eigenvalue weighted by Crippen LogP contribution is 2.40. The lowest BCUT2D eigenvalue weighted by molar-refractivity contribution is 0.0659. The van der Waals surface area contributed by atoms with E-state index in [0.29, 0.717) is 0 Å². The average Bonchev–Trinajstić information content (AvgIpc) is 2.78. The van der Waals surface area contributed by atoms with Crippen LogP contribution in [0.2, 0.25) is 0 Å². The molecule has 1 aliphatic rings. The maximum Gasteiger partial charge on any atom is 0.255 e. The van der Waals surface area contributed by atoms with Gasteiger partial charge >= 0.3 is 0 Å². The molecule has 0 spiro atoms. The molecule has 114 valence electrons. The first-order valence-electron chi connectivity index (χ1n) is 7.29. The highest BCUT2D eigenvalue weighted by molar-refractivity contribution is 9.10. The van der Waals surface area contributed by atoms with Gasteiger partial charge in [-0.05, 0) is 49.2 Å². The minimum absolute atomic E-state index is 0.0135. The molecule has 0 aromatic heterocycles. The summed E-state index contributed by atoms with van der Waals surface area (Å²) in [5.74, 6) is 0.913. The van der Waals surface area contributed by atoms with E-state index in [2.05, 4.69) is 29.8 Å². The molecule has 0 fully saturated rings. The van der Waals surface area contributed by atoms with Crippen molar-refractivity contribution in [2.45, 2.75) is 25.9 Å². The summed E-state index contributed by atoms with van der Waals surface area (Å²) in [7, 11) is 1.65. The van der Waals surface area contributed by atoms with E-state index in [-0.39, 0.29) is 18.0 Å². The second-order valence-electron chi connectivity index (χ2n) is 5.57. The third-order valence-electron chi connectivity index (χ3n) is 4.36. The summed E-state index contributed by atoms with van der Waals surface area (Å²) in [5.41, 5.74) is 2.99. The molecule has 0 radical (unpaired) electrons. The SMILES string of the molecule is COc1ccc([C@@H](C)N2C(=O)c3cc(Br)ccc3[C@H]2C)cc1. The fourth-order valence-corrected chi connectivity index (χ4v) is 3.46. The minimum Gasteiger partial charge on any atom is -0.497 e. The number of carbonyl (C=O) groups is 1. The Bertz CT molecular complexity index is 712. The van der Waals surface area contributed by atoms with Crippen LogP contribution in [0.25, 0.3) is 0 Å². The summed E-state index contributed by atoms with van der Waals surface area (Å²) in [4.78, 5) is 14.7. The Kier molecular flexibility index (Phi) is 3.96. The van der Waals surface area contributed by atoms with E-state index in [0.717, 1.165) is 26.9 Å². The summed E-state index contributed by atoms with van der Waals surface area (Å²) < 4.78 is 6.13. The number of methoxy groups -OCH3 is 1. The summed E-state index contributed by atoms with van der Waals surface area (Å²) in [5, 5.41) is 0. The molecular formula is C18H18BrNO2. The molecule has 1 heterocycles. The van der Waals surface area contributed by atoms with E-state index in [1.54, 1.807) is 7.11 Å². The number of hydrogen-bond acceptors (Lipinski definition) is 2. The number of halogens is 1. The maximum absolute atomic E-state index is 12.8. The van der Waals surface area contributed by atoms with Crippen molar-refractivity contribution in [3.63, 3.8) is 0 Å². The Morgan fingerprint density at radius 1 is 1.18 bits per heavy atom. The smallest absolute Gasteiger partial charge is 0.255 e. The molecular weight excluding hydrogens is 342 g/mol. The third kappa shape index (κ3) is 2.41. The van der Waals surface area contributed by atoms with Gasteiger partial charge in [-0.15, -0.1) is 0 Å². The summed E-state index contributed by atoms with van der Waals surface area (Å²) in [6, 6.07) is 13.9. The normalized spacial score (nSPS) is 18.3. The molecule has 0 saturated heterocycles. The number of fused-ring (bicyclic) bond motifs is 1. The van der Waals surface area contributed by atoms with E-state index < -0.39 is 0 Å². The lowest BCUT2D eigenvalue weighted by Gasteiger charge is -2.29. The molecule has 4 heteroatoms. The van der Waals surface area contributed by atoms with Crippen LogP contribution in [0.5, 0.6) is 5.75 Å². The first kappa shape index (κ1) is 15.1. The van der Waals surface area contributed by atoms with E-state index >= 15 is 0 Å². The minimum atomic E-state index is 0.0135. The third-order valence-corrected chi connectivity index (χ3v) is 4.86. The van der Waals surface area contributed by atoms with Crippen LogP contribution < -0.4 is 4.74 Å². The largest absolute Gasteiger partial charge is 0.497 e. The standard InChI is InChI=1S/C18H18BrNO2/c1-11(13-4-7-15(22-3)8-5-13)20-12(2)16-9-6-14(19)10-17(16)18(20)21/h4-12H,1-3H3/t11-,12-/m1/s1. The van der Waals surface area contributed by atoms with Crippen molar-refractivity contribution in [2.75, 3.05) is 7.11 Å². The fourth-order valence-electron chi connectivity index (χ4n) is 3.10. The van der Waals surface area contributed by atoms with Crippen LogP contribution in [-0.4, -0.2) is 17.9 Å². The number of ether oxygens (including phenoxy) is 1. The van der Waals surface area contributed by atoms with Gasteiger partial charge in [0.05, 0.1) is 19.2 Å². The van der Waals surface area contributed by atoms with Crippen LogP contribution in [0, 0.1) is 0 Å². The summed E-state index contributed by atoms with van der Waals surface area (Å²) in [6.45, 7) is 4.15. The molecule has 0 aliphatic carbocycles. The monoisotopic (exact) mass is 359 g/mol. The molecule has 0 N–H and O–H groups in total. The second kappa shape index (κ2) is 5.76. The van der Waals surface area contributed by atoms with Crippen LogP contribution in [0.3, 0.4) is 0 Å². The maximum atomic E-state index is 12.8. The van der Waals surface area contributed by atoms with Crippen molar-refractivity contribution in [1.29, 1.82) is 0 Å². The average molecular weight is 360 g/mol. The van der Waals surface area contributed by atoms with Gasteiger partial charge in [0.25, 0.3) is 5.91 Å². The zero-order valence-corrected chi connectivity index (χ0v) is 14.4. The number of carbonyl (C=O) groups excluding carboxylic acids is 1. The molecule has 1 aliphatic heterocycles. The second-order valence-corrected chi connectivity index (χ2v) is 6.48. The van der Waals surface area contributed by atoms with Gasteiger partial charge in [0.1, 0.15) is 5.75 Å². The predicted molar refractivity (Wildman–Crippen MR) is 90.1 cm³/mol. The molecule has 0 saturated carbocycles. The molecule has 2 atom stereocenters. The molecule has 1 amide bonds. The number of amides is 1. The summed E-state index contributed by atoms with van der Waals surface area (Å²) >= 11 is 3.45. The van der Waals surface area contributed by atoms with Crippen LogP contribution in [0.15, 0.2) is 46.9 Å². The van der Waals surface area contributed by atoms with E-state index in [1.165, 1.54) is 0 Å². The molecule has 2 aromatic rings. The van der Waals surface area contributed by atoms with Crippen molar-refractivity contribution in [3.8, 4) is 5.75 Å². The molecule has 22 heavy (non-hydrogen) atoms. The van der Waals surface area contributed by atoms with Crippen LogP contribution in [0.4, 0.5) is 0 Å². The van der Waals surface area contributed by atoms with Crippen molar-refractivity contribution < 1.29 is 9.53 Å². The van der Waals surface area contributed by atoms with Gasteiger partial charge in [-0.1, -0.05) is 34.1 Å².